The monoisotopic (exact) mass is 339 g/mol. The largest absolute Gasteiger partial charge is 0.415 e. The number of rotatable bonds is 6. The molecule has 0 aromatic carbocycles. The van der Waals surface area contributed by atoms with E-state index in [4.69, 9.17) is 0 Å². The van der Waals surface area contributed by atoms with E-state index in [1.807, 2.05) is 0 Å². The van der Waals surface area contributed by atoms with Gasteiger partial charge in [0, 0.05) is 18.5 Å². The highest BCUT2D eigenvalue weighted by Crippen LogP contribution is 2.35. The maximum atomic E-state index is 13.1. The Morgan fingerprint density at radius 3 is 3.00 bits per heavy atom. The lowest BCUT2D eigenvalue weighted by Crippen LogP contribution is -2.05. The van der Waals surface area contributed by atoms with Gasteiger partial charge in [0.25, 0.3) is 0 Å². The van der Waals surface area contributed by atoms with Gasteiger partial charge in [0.2, 0.25) is 5.88 Å². The van der Waals surface area contributed by atoms with Crippen molar-refractivity contribution in [3.8, 4) is 5.88 Å². The molecule has 11 heteroatoms. The summed E-state index contributed by atoms with van der Waals surface area (Å²) < 4.78 is 43.1. The fraction of sp³-hybridized carbons (Fsp3) is 0.385. The number of halogens is 3. The normalized spacial score (nSPS) is 19.8. The van der Waals surface area contributed by atoms with Gasteiger partial charge in [-0.1, -0.05) is 0 Å². The first kappa shape index (κ1) is 14.7. The summed E-state index contributed by atoms with van der Waals surface area (Å²) in [5.74, 6) is 0.406. The third-order valence-electron chi connectivity index (χ3n) is 3.62. The van der Waals surface area contributed by atoms with Crippen LogP contribution in [0.1, 0.15) is 6.42 Å². The molecule has 0 amide bonds. The van der Waals surface area contributed by atoms with Crippen LogP contribution in [-0.2, 0) is 6.54 Å². The summed E-state index contributed by atoms with van der Waals surface area (Å²) in [6.45, 7) is -2.51. The summed E-state index contributed by atoms with van der Waals surface area (Å²) >= 11 is 0. The first-order valence-electron chi connectivity index (χ1n) is 7.18. The van der Waals surface area contributed by atoms with Crippen molar-refractivity contribution >= 4 is 22.8 Å². The van der Waals surface area contributed by atoms with Gasteiger partial charge in [-0.3, -0.25) is 5.10 Å². The quantitative estimate of drug-likeness (QED) is 0.715. The lowest BCUT2D eigenvalue weighted by Gasteiger charge is -2.04. The lowest BCUT2D eigenvalue weighted by molar-refractivity contribution is -0.0528. The number of fused-ring (bicyclic) bond motifs is 1. The van der Waals surface area contributed by atoms with Crippen LogP contribution in [0, 0.1) is 5.92 Å². The van der Waals surface area contributed by atoms with Gasteiger partial charge < -0.3 is 10.1 Å². The van der Waals surface area contributed by atoms with E-state index in [-0.39, 0.29) is 11.8 Å². The van der Waals surface area contributed by atoms with Crippen molar-refractivity contribution in [3.05, 3.63) is 18.5 Å². The van der Waals surface area contributed by atoms with E-state index in [9.17, 15) is 13.2 Å². The molecule has 1 fully saturated rings. The molecular formula is C13H12F3N7O. The topological polar surface area (TPSA) is 93.5 Å². The van der Waals surface area contributed by atoms with E-state index in [2.05, 4.69) is 35.3 Å². The third kappa shape index (κ3) is 2.96. The minimum atomic E-state index is -2.95. The predicted molar refractivity (Wildman–Crippen MR) is 76.8 cm³/mol. The van der Waals surface area contributed by atoms with Crippen molar-refractivity contribution in [1.82, 2.24) is 29.9 Å². The van der Waals surface area contributed by atoms with Crippen LogP contribution in [0.5, 0.6) is 5.88 Å². The molecule has 1 aliphatic rings. The number of hydrogen-bond acceptors (Lipinski definition) is 6. The number of aromatic nitrogens is 6. The standard InChI is InChI=1S/C13H12F3N7O/c14-7-1-6(7)5-23-12-8(3-18-23)17-4-10(20-12)19-9-2-11(22-21-9)24-13(15)16/h2-4,6-7,13H,1,5H2,(H2,19,20,21,22)/t6-,7+/m0/s1. The second-order valence-corrected chi connectivity index (χ2v) is 5.43. The zero-order valence-electron chi connectivity index (χ0n) is 12.2. The fourth-order valence-electron chi connectivity index (χ4n) is 2.32. The van der Waals surface area contributed by atoms with Crippen molar-refractivity contribution < 1.29 is 17.9 Å². The highest BCUT2D eigenvalue weighted by Gasteiger charge is 2.38. The number of hydrogen-bond donors (Lipinski definition) is 2. The van der Waals surface area contributed by atoms with E-state index in [1.165, 1.54) is 12.3 Å². The SMILES string of the molecule is FC(F)Oc1cc(Nc2cnc3cnn(C[C@@H]4C[C@H]4F)c3n2)[nH]n1. The number of nitrogens with one attached hydrogen (secondary N) is 2. The van der Waals surface area contributed by atoms with Crippen molar-refractivity contribution in [2.24, 2.45) is 5.92 Å². The minimum Gasteiger partial charge on any atom is -0.415 e. The third-order valence-corrected chi connectivity index (χ3v) is 3.62. The lowest BCUT2D eigenvalue weighted by atomic mass is 10.4. The summed E-state index contributed by atoms with van der Waals surface area (Å²) in [5.41, 5.74) is 1.10. The minimum absolute atomic E-state index is 0.0341. The second kappa shape index (κ2) is 5.65. The van der Waals surface area contributed by atoms with E-state index in [1.54, 1.807) is 10.9 Å². The van der Waals surface area contributed by atoms with Crippen molar-refractivity contribution in [3.63, 3.8) is 0 Å². The van der Waals surface area contributed by atoms with Gasteiger partial charge in [-0.15, -0.1) is 5.10 Å². The second-order valence-electron chi connectivity index (χ2n) is 5.43. The average Bonchev–Trinajstić information content (AvgIpc) is 2.92. The molecule has 3 aromatic heterocycles. The van der Waals surface area contributed by atoms with Crippen LogP contribution in [0.2, 0.25) is 0 Å². The van der Waals surface area contributed by atoms with Crippen LogP contribution in [-0.4, -0.2) is 42.7 Å². The van der Waals surface area contributed by atoms with Crippen LogP contribution < -0.4 is 10.1 Å². The number of nitrogens with zero attached hydrogens (tertiary/aromatic N) is 5. The molecule has 2 atom stereocenters. The van der Waals surface area contributed by atoms with Gasteiger partial charge in [0.15, 0.2) is 11.5 Å². The van der Waals surface area contributed by atoms with E-state index in [0.717, 1.165) is 0 Å². The molecule has 0 unspecified atom stereocenters. The highest BCUT2D eigenvalue weighted by molar-refractivity contribution is 5.71. The predicted octanol–water partition coefficient (Wildman–Crippen LogP) is 2.25. The van der Waals surface area contributed by atoms with Gasteiger partial charge in [0.05, 0.1) is 12.4 Å². The Hall–Kier alpha value is -2.85. The van der Waals surface area contributed by atoms with Gasteiger partial charge in [-0.05, 0) is 6.42 Å². The highest BCUT2D eigenvalue weighted by atomic mass is 19.3. The van der Waals surface area contributed by atoms with Gasteiger partial charge in [-0.2, -0.15) is 13.9 Å². The van der Waals surface area contributed by atoms with Crippen LogP contribution in [0.15, 0.2) is 18.5 Å². The molecule has 0 saturated heterocycles. The van der Waals surface area contributed by atoms with Crippen LogP contribution in [0.4, 0.5) is 24.8 Å². The molecule has 1 saturated carbocycles. The molecule has 24 heavy (non-hydrogen) atoms. The number of ether oxygens (including phenoxy) is 1. The Morgan fingerprint density at radius 1 is 1.42 bits per heavy atom. The Morgan fingerprint density at radius 2 is 2.25 bits per heavy atom. The van der Waals surface area contributed by atoms with Crippen molar-refractivity contribution in [1.29, 1.82) is 0 Å². The molecule has 126 valence electrons. The van der Waals surface area contributed by atoms with Crippen LogP contribution in [0.3, 0.4) is 0 Å². The molecular weight excluding hydrogens is 327 g/mol. The van der Waals surface area contributed by atoms with E-state index in [0.29, 0.717) is 35.8 Å². The molecule has 0 bridgehead atoms. The Kier molecular flexibility index (Phi) is 3.47. The molecule has 2 N–H and O–H groups in total. The van der Waals surface area contributed by atoms with Gasteiger partial charge in [0.1, 0.15) is 17.5 Å². The number of alkyl halides is 3. The maximum absolute atomic E-state index is 13.1. The molecule has 4 rings (SSSR count). The van der Waals surface area contributed by atoms with Crippen molar-refractivity contribution in [2.45, 2.75) is 25.7 Å². The number of H-pyrrole nitrogens is 1. The summed E-state index contributed by atoms with van der Waals surface area (Å²) in [4.78, 5) is 8.59. The fourth-order valence-corrected chi connectivity index (χ4v) is 2.32. The average molecular weight is 339 g/mol. The van der Waals surface area contributed by atoms with Crippen LogP contribution in [0.25, 0.3) is 11.2 Å². The maximum Gasteiger partial charge on any atom is 0.388 e. The number of anilines is 2. The Bertz CT molecular complexity index is 864. The molecule has 8 nitrogen and oxygen atoms in total. The summed E-state index contributed by atoms with van der Waals surface area (Å²) in [6, 6.07) is 1.27. The summed E-state index contributed by atoms with van der Waals surface area (Å²) in [6.07, 6.45) is 2.79. The zero-order chi connectivity index (χ0) is 16.7. The Balaban J connectivity index is 1.53. The molecule has 0 spiro atoms. The summed E-state index contributed by atoms with van der Waals surface area (Å²) in [5, 5.41) is 13.1. The first-order valence-corrected chi connectivity index (χ1v) is 7.18. The van der Waals surface area contributed by atoms with Gasteiger partial charge >= 0.3 is 6.61 Å². The molecule has 1 aliphatic carbocycles. The smallest absolute Gasteiger partial charge is 0.388 e. The summed E-state index contributed by atoms with van der Waals surface area (Å²) in [7, 11) is 0. The zero-order valence-corrected chi connectivity index (χ0v) is 12.2. The van der Waals surface area contributed by atoms with Crippen LogP contribution >= 0.6 is 0 Å². The Labute approximate surface area is 133 Å². The molecule has 3 aromatic rings. The molecule has 0 radical (unpaired) electrons. The molecule has 0 aliphatic heterocycles. The van der Waals surface area contributed by atoms with E-state index < -0.39 is 12.8 Å². The van der Waals surface area contributed by atoms with E-state index >= 15 is 0 Å². The van der Waals surface area contributed by atoms with Crippen molar-refractivity contribution in [2.75, 3.05) is 5.32 Å². The number of aromatic amines is 1. The van der Waals surface area contributed by atoms with Gasteiger partial charge in [-0.25, -0.2) is 19.0 Å². The first-order chi connectivity index (χ1) is 11.6. The molecule has 3 heterocycles.